The van der Waals surface area contributed by atoms with Crippen LogP contribution in [0.15, 0.2) is 109 Å². The van der Waals surface area contributed by atoms with Crippen molar-refractivity contribution < 1.29 is 14.4 Å². The first kappa shape index (κ1) is 66.3. The van der Waals surface area contributed by atoms with Crippen molar-refractivity contribution in [1.29, 1.82) is 0 Å². The summed E-state index contributed by atoms with van der Waals surface area (Å²) in [7, 11) is 0. The molecule has 3 amide bonds. The monoisotopic (exact) mass is 916 g/mol. The predicted octanol–water partition coefficient (Wildman–Crippen LogP) is 17.5. The number of hydrogen-bond acceptors (Lipinski definition) is 3. The zero-order chi connectivity index (χ0) is 48.9. The summed E-state index contributed by atoms with van der Waals surface area (Å²) in [6, 6.07) is 0. The van der Waals surface area contributed by atoms with Crippen molar-refractivity contribution in [2.45, 2.75) is 252 Å². The SMILES string of the molecule is CCCCCC=CCC=CCC=CCCCCCCC(N)=O.CCCCCC=CCC=CCC=CCCCCCCC(N)=O.CCCCCC=CCC=CCC=CCCCCCCC(N)=O. The molecule has 0 fully saturated rings. The molecular weight excluding hydrogens is 811 g/mol. The van der Waals surface area contributed by atoms with Crippen molar-refractivity contribution in [3.63, 3.8) is 0 Å². The van der Waals surface area contributed by atoms with E-state index in [1.165, 1.54) is 116 Å². The minimum atomic E-state index is -0.178. The van der Waals surface area contributed by atoms with E-state index in [0.717, 1.165) is 96.3 Å². The minimum Gasteiger partial charge on any atom is -0.370 e. The maximum Gasteiger partial charge on any atom is 0.217 e. The van der Waals surface area contributed by atoms with E-state index in [1.807, 2.05) is 0 Å². The van der Waals surface area contributed by atoms with Gasteiger partial charge in [0.15, 0.2) is 0 Å². The van der Waals surface area contributed by atoms with Crippen LogP contribution < -0.4 is 17.2 Å². The van der Waals surface area contributed by atoms with Crippen molar-refractivity contribution >= 4 is 17.7 Å². The third-order valence-electron chi connectivity index (χ3n) is 10.7. The maximum absolute atomic E-state index is 10.6. The van der Waals surface area contributed by atoms with Gasteiger partial charge < -0.3 is 17.2 Å². The second-order valence-electron chi connectivity index (χ2n) is 17.4. The molecular formula is C60H105N3O3. The number of nitrogens with two attached hydrogens (primary N) is 3. The Balaban J connectivity index is -0.000000902. The molecule has 0 aliphatic carbocycles. The van der Waals surface area contributed by atoms with Crippen LogP contribution in [-0.4, -0.2) is 17.7 Å². The molecule has 378 valence electrons. The van der Waals surface area contributed by atoms with E-state index in [4.69, 9.17) is 17.2 Å². The lowest BCUT2D eigenvalue weighted by atomic mass is 10.1. The highest BCUT2D eigenvalue weighted by atomic mass is 16.1. The number of hydrogen-bond donors (Lipinski definition) is 3. The highest BCUT2D eigenvalue weighted by molar-refractivity contribution is 5.74. The topological polar surface area (TPSA) is 129 Å². The number of rotatable bonds is 45. The first-order valence-corrected chi connectivity index (χ1v) is 27.0. The van der Waals surface area contributed by atoms with E-state index in [1.54, 1.807) is 0 Å². The Morgan fingerprint density at radius 3 is 0.591 bits per heavy atom. The Morgan fingerprint density at radius 2 is 0.409 bits per heavy atom. The lowest BCUT2D eigenvalue weighted by molar-refractivity contribution is -0.119. The molecule has 0 aliphatic rings. The normalized spacial score (nSPS) is 12.0. The van der Waals surface area contributed by atoms with Crippen LogP contribution in [-0.2, 0) is 14.4 Å². The minimum absolute atomic E-state index is 0.178. The fourth-order valence-corrected chi connectivity index (χ4v) is 6.61. The summed E-state index contributed by atoms with van der Waals surface area (Å²) < 4.78 is 0. The quantitative estimate of drug-likeness (QED) is 0.0415. The summed E-state index contributed by atoms with van der Waals surface area (Å²) >= 11 is 0. The molecule has 0 saturated carbocycles. The van der Waals surface area contributed by atoms with Gasteiger partial charge in [-0.15, -0.1) is 0 Å². The number of carbonyl (C=O) groups excluding carboxylic acids is 3. The van der Waals surface area contributed by atoms with E-state index < -0.39 is 0 Å². The van der Waals surface area contributed by atoms with Gasteiger partial charge in [-0.2, -0.15) is 0 Å². The molecule has 0 spiro atoms. The van der Waals surface area contributed by atoms with E-state index in [0.29, 0.717) is 19.3 Å². The smallest absolute Gasteiger partial charge is 0.217 e. The number of carbonyl (C=O) groups is 3. The Labute approximate surface area is 409 Å². The summed E-state index contributed by atoms with van der Waals surface area (Å²) in [6.07, 6.45) is 80.8. The van der Waals surface area contributed by atoms with E-state index in [9.17, 15) is 14.4 Å². The van der Waals surface area contributed by atoms with Crippen LogP contribution >= 0.6 is 0 Å². The number of allylic oxidation sites excluding steroid dienone is 18. The van der Waals surface area contributed by atoms with Gasteiger partial charge in [0.05, 0.1) is 0 Å². The van der Waals surface area contributed by atoms with Crippen molar-refractivity contribution in [2.24, 2.45) is 17.2 Å². The number of primary amides is 3. The molecule has 0 unspecified atom stereocenters. The summed E-state index contributed by atoms with van der Waals surface area (Å²) in [5, 5.41) is 0. The van der Waals surface area contributed by atoms with Crippen LogP contribution in [0.3, 0.4) is 0 Å². The highest BCUT2D eigenvalue weighted by Gasteiger charge is 1.96. The zero-order valence-electron chi connectivity index (χ0n) is 43.3. The molecule has 0 aromatic heterocycles. The van der Waals surface area contributed by atoms with Gasteiger partial charge in [-0.25, -0.2) is 0 Å². The number of amides is 3. The molecule has 0 saturated heterocycles. The molecule has 0 atom stereocenters. The lowest BCUT2D eigenvalue weighted by Gasteiger charge is -1.97. The molecule has 6 nitrogen and oxygen atoms in total. The van der Waals surface area contributed by atoms with Gasteiger partial charge in [-0.05, 0) is 135 Å². The van der Waals surface area contributed by atoms with Gasteiger partial charge in [-0.1, -0.05) is 207 Å². The van der Waals surface area contributed by atoms with Crippen LogP contribution in [0.1, 0.15) is 252 Å². The van der Waals surface area contributed by atoms with Crippen LogP contribution in [0.25, 0.3) is 0 Å². The molecule has 6 heteroatoms. The Morgan fingerprint density at radius 1 is 0.242 bits per heavy atom. The van der Waals surface area contributed by atoms with E-state index in [2.05, 4.69) is 130 Å². The molecule has 0 rings (SSSR count). The van der Waals surface area contributed by atoms with E-state index >= 15 is 0 Å². The molecule has 0 heterocycles. The first-order chi connectivity index (χ1) is 32.3. The van der Waals surface area contributed by atoms with E-state index in [-0.39, 0.29) is 17.7 Å². The molecule has 0 aromatic rings. The molecule has 0 aromatic carbocycles. The molecule has 6 N–H and O–H groups in total. The van der Waals surface area contributed by atoms with Crippen LogP contribution in [0, 0.1) is 0 Å². The summed E-state index contributed by atoms with van der Waals surface area (Å²) in [6.45, 7) is 6.72. The fourth-order valence-electron chi connectivity index (χ4n) is 6.61. The third kappa shape index (κ3) is 74.4. The van der Waals surface area contributed by atoms with Crippen LogP contribution in [0.5, 0.6) is 0 Å². The molecule has 66 heavy (non-hydrogen) atoms. The van der Waals surface area contributed by atoms with Gasteiger partial charge >= 0.3 is 0 Å². The van der Waals surface area contributed by atoms with Gasteiger partial charge in [0.2, 0.25) is 17.7 Å². The van der Waals surface area contributed by atoms with Crippen molar-refractivity contribution in [3.8, 4) is 0 Å². The largest absolute Gasteiger partial charge is 0.370 e. The summed E-state index contributed by atoms with van der Waals surface area (Å²) in [5.74, 6) is -0.535. The van der Waals surface area contributed by atoms with Crippen LogP contribution in [0.2, 0.25) is 0 Å². The lowest BCUT2D eigenvalue weighted by Crippen LogP contribution is -2.09. The zero-order valence-corrected chi connectivity index (χ0v) is 43.3. The highest BCUT2D eigenvalue weighted by Crippen LogP contribution is 2.09. The molecule has 0 aliphatic heterocycles. The van der Waals surface area contributed by atoms with Crippen molar-refractivity contribution in [3.05, 3.63) is 109 Å². The van der Waals surface area contributed by atoms with Crippen molar-refractivity contribution in [2.75, 3.05) is 0 Å². The summed E-state index contributed by atoms with van der Waals surface area (Å²) in [5.41, 5.74) is 15.3. The van der Waals surface area contributed by atoms with Gasteiger partial charge in [0.1, 0.15) is 0 Å². The Hall–Kier alpha value is -3.93. The second kappa shape index (κ2) is 63.2. The summed E-state index contributed by atoms with van der Waals surface area (Å²) in [4.78, 5) is 31.7. The average molecular weight is 917 g/mol. The Bertz CT molecular complexity index is 1140. The average Bonchev–Trinajstić information content (AvgIpc) is 3.29. The fraction of sp³-hybridized carbons (Fsp3) is 0.650. The third-order valence-corrected chi connectivity index (χ3v) is 10.7. The number of unbranched alkanes of at least 4 members (excludes halogenated alkanes) is 21. The standard InChI is InChI=1S/3C20H35NO/c3*1-2-3-4-5-6-7-8-9-10-11-12-13-14-15-16-17-18-19-20(21)22/h3*6-7,9-10,12-13H,2-5,8,11,14-19H2,1H3,(H2,21,22). The second-order valence-corrected chi connectivity index (χ2v) is 17.4. The predicted molar refractivity (Wildman–Crippen MR) is 293 cm³/mol. The first-order valence-electron chi connectivity index (χ1n) is 27.0. The maximum atomic E-state index is 10.6. The molecule has 0 bridgehead atoms. The van der Waals surface area contributed by atoms with Gasteiger partial charge in [0.25, 0.3) is 0 Å². The van der Waals surface area contributed by atoms with Gasteiger partial charge in [-0.3, -0.25) is 14.4 Å². The van der Waals surface area contributed by atoms with Gasteiger partial charge in [0, 0.05) is 19.3 Å². The Kier molecular flexibility index (Phi) is 63.5. The van der Waals surface area contributed by atoms with Crippen molar-refractivity contribution in [1.82, 2.24) is 0 Å². The van der Waals surface area contributed by atoms with Crippen LogP contribution in [0.4, 0.5) is 0 Å². The molecule has 0 radical (unpaired) electrons.